The number of rotatable bonds is 2. The van der Waals surface area contributed by atoms with Crippen molar-refractivity contribution in [2.45, 2.75) is 56.6 Å². The second-order valence-corrected chi connectivity index (χ2v) is 6.86. The Morgan fingerprint density at radius 1 is 0.913 bits per heavy atom. The zero-order valence-corrected chi connectivity index (χ0v) is 13.1. The van der Waals surface area contributed by atoms with E-state index >= 15 is 0 Å². The number of hydrogen-bond donors (Lipinski definition) is 0. The molecule has 6 atom stereocenters. The van der Waals surface area contributed by atoms with Gasteiger partial charge in [0.15, 0.2) is 18.4 Å². The van der Waals surface area contributed by atoms with E-state index in [1.54, 1.807) is 0 Å². The van der Waals surface area contributed by atoms with Crippen LogP contribution < -0.4 is 0 Å². The third-order valence-electron chi connectivity index (χ3n) is 4.71. The third kappa shape index (κ3) is 2.41. The molecule has 0 bridgehead atoms. The molecule has 6 nitrogen and oxygen atoms in total. The van der Waals surface area contributed by atoms with E-state index in [1.807, 2.05) is 32.0 Å². The van der Waals surface area contributed by atoms with Gasteiger partial charge in [-0.05, 0) is 19.4 Å². The van der Waals surface area contributed by atoms with Gasteiger partial charge in [0.2, 0.25) is 0 Å². The highest BCUT2D eigenvalue weighted by Crippen LogP contribution is 2.44. The van der Waals surface area contributed by atoms with Crippen LogP contribution in [-0.2, 0) is 28.4 Å². The molecule has 6 heteroatoms. The van der Waals surface area contributed by atoms with E-state index in [1.165, 1.54) is 0 Å². The summed E-state index contributed by atoms with van der Waals surface area (Å²) in [6.07, 6.45) is -1.20. The Labute approximate surface area is 134 Å². The van der Waals surface area contributed by atoms with Crippen LogP contribution in [0.25, 0.3) is 0 Å². The van der Waals surface area contributed by atoms with E-state index in [9.17, 15) is 0 Å². The average Bonchev–Trinajstić information content (AvgIpc) is 3.26. The van der Waals surface area contributed by atoms with Gasteiger partial charge in [0.05, 0.1) is 13.2 Å². The monoisotopic (exact) mass is 320 g/mol. The summed E-state index contributed by atoms with van der Waals surface area (Å²) in [5.41, 5.74) is 2.16. The van der Waals surface area contributed by atoms with Crippen molar-refractivity contribution < 1.29 is 28.4 Å². The van der Waals surface area contributed by atoms with E-state index in [0.29, 0.717) is 6.61 Å². The van der Waals surface area contributed by atoms with Gasteiger partial charge in [-0.1, -0.05) is 24.3 Å². The zero-order valence-electron chi connectivity index (χ0n) is 13.1. The molecule has 0 amide bonds. The third-order valence-corrected chi connectivity index (χ3v) is 4.71. The summed E-state index contributed by atoms with van der Waals surface area (Å²) in [4.78, 5) is 0. The maximum absolute atomic E-state index is 6.21. The molecule has 0 N–H and O–H groups in total. The number of ether oxygens (including phenoxy) is 6. The van der Waals surface area contributed by atoms with Gasteiger partial charge in [0.25, 0.3) is 0 Å². The van der Waals surface area contributed by atoms with Gasteiger partial charge in [-0.25, -0.2) is 0 Å². The van der Waals surface area contributed by atoms with Gasteiger partial charge in [0.1, 0.15) is 24.4 Å². The van der Waals surface area contributed by atoms with Crippen LogP contribution in [-0.4, -0.2) is 43.6 Å². The summed E-state index contributed by atoms with van der Waals surface area (Å²) >= 11 is 0. The van der Waals surface area contributed by atoms with Crippen LogP contribution in [0.1, 0.15) is 37.4 Å². The van der Waals surface area contributed by atoms with E-state index in [4.69, 9.17) is 28.4 Å². The SMILES string of the molecule is CC1(C)O[C@H]2O[C@@H]3CO[C@H](c4ccccc4C4CO4)O[C@@H]3[C@H]2O1. The van der Waals surface area contributed by atoms with Crippen molar-refractivity contribution in [2.24, 2.45) is 0 Å². The molecule has 0 radical (unpaired) electrons. The first-order valence-corrected chi connectivity index (χ1v) is 8.09. The Hall–Kier alpha value is -1.02. The largest absolute Gasteiger partial charge is 0.368 e. The van der Waals surface area contributed by atoms with Gasteiger partial charge in [-0.15, -0.1) is 0 Å². The first kappa shape index (κ1) is 14.3. The summed E-state index contributed by atoms with van der Waals surface area (Å²) in [6.45, 7) is 5.00. The van der Waals surface area contributed by atoms with Crippen molar-refractivity contribution in [3.8, 4) is 0 Å². The van der Waals surface area contributed by atoms with Gasteiger partial charge in [0, 0.05) is 5.56 Å². The molecule has 4 aliphatic rings. The van der Waals surface area contributed by atoms with Crippen LogP contribution in [0.5, 0.6) is 0 Å². The minimum atomic E-state index is -0.642. The highest BCUT2D eigenvalue weighted by atomic mass is 16.9. The van der Waals surface area contributed by atoms with Crippen LogP contribution in [0, 0.1) is 0 Å². The molecule has 5 rings (SSSR count). The van der Waals surface area contributed by atoms with E-state index in [2.05, 4.69) is 6.07 Å². The fourth-order valence-corrected chi connectivity index (χ4v) is 3.62. The highest BCUT2D eigenvalue weighted by molar-refractivity contribution is 5.32. The molecule has 23 heavy (non-hydrogen) atoms. The maximum Gasteiger partial charge on any atom is 0.190 e. The predicted molar refractivity (Wildman–Crippen MR) is 77.4 cm³/mol. The zero-order chi connectivity index (χ0) is 15.6. The molecule has 1 aromatic rings. The van der Waals surface area contributed by atoms with Crippen molar-refractivity contribution >= 4 is 0 Å². The van der Waals surface area contributed by atoms with Gasteiger partial charge in [-0.3, -0.25) is 0 Å². The molecule has 0 aliphatic carbocycles. The molecular formula is C17H20O6. The Balaban J connectivity index is 1.39. The molecule has 4 heterocycles. The van der Waals surface area contributed by atoms with Crippen LogP contribution in [0.15, 0.2) is 24.3 Å². The average molecular weight is 320 g/mol. The first-order chi connectivity index (χ1) is 11.1. The number of benzene rings is 1. The van der Waals surface area contributed by atoms with Crippen molar-refractivity contribution in [2.75, 3.05) is 13.2 Å². The van der Waals surface area contributed by atoms with Crippen LogP contribution in [0.3, 0.4) is 0 Å². The second-order valence-electron chi connectivity index (χ2n) is 6.86. The van der Waals surface area contributed by atoms with Crippen molar-refractivity contribution in [1.82, 2.24) is 0 Å². The minimum absolute atomic E-state index is 0.151. The molecule has 0 spiro atoms. The fourth-order valence-electron chi connectivity index (χ4n) is 3.62. The molecule has 0 saturated carbocycles. The minimum Gasteiger partial charge on any atom is -0.368 e. The summed E-state index contributed by atoms with van der Waals surface area (Å²) in [5, 5.41) is 0. The normalized spacial score (nSPS) is 43.9. The lowest BCUT2D eigenvalue weighted by Gasteiger charge is -2.34. The lowest BCUT2D eigenvalue weighted by molar-refractivity contribution is -0.285. The molecule has 1 aromatic carbocycles. The van der Waals surface area contributed by atoms with Gasteiger partial charge >= 0.3 is 0 Å². The molecule has 0 aromatic heterocycles. The fraction of sp³-hybridized carbons (Fsp3) is 0.647. The predicted octanol–water partition coefficient (Wildman–Crippen LogP) is 2.05. The summed E-state index contributed by atoms with van der Waals surface area (Å²) in [7, 11) is 0. The summed E-state index contributed by atoms with van der Waals surface area (Å²) in [5.74, 6) is -0.642. The Morgan fingerprint density at radius 2 is 1.70 bits per heavy atom. The first-order valence-electron chi connectivity index (χ1n) is 8.09. The van der Waals surface area contributed by atoms with Crippen LogP contribution >= 0.6 is 0 Å². The Morgan fingerprint density at radius 3 is 2.48 bits per heavy atom. The Kier molecular flexibility index (Phi) is 3.11. The highest BCUT2D eigenvalue weighted by Gasteiger charge is 2.57. The standard InChI is InChI=1S/C17H20O6/c1-17(2)22-14-13-12(20-16(14)23-17)8-19-15(21-13)10-6-4-3-5-9(10)11-7-18-11/h3-6,11-16H,7-8H2,1-2H3/t11?,12-,13+,14-,15+,16-/m1/s1. The molecule has 1 unspecified atom stereocenters. The molecule has 4 aliphatic heterocycles. The van der Waals surface area contributed by atoms with Gasteiger partial charge < -0.3 is 28.4 Å². The van der Waals surface area contributed by atoms with Crippen molar-refractivity contribution in [1.29, 1.82) is 0 Å². The lowest BCUT2D eigenvalue weighted by atomic mass is 10.0. The van der Waals surface area contributed by atoms with E-state index in [-0.39, 0.29) is 30.7 Å². The molecule has 124 valence electrons. The number of hydrogen-bond acceptors (Lipinski definition) is 6. The topological polar surface area (TPSA) is 58.7 Å². The number of epoxide rings is 1. The lowest BCUT2D eigenvalue weighted by Crippen LogP contribution is -2.44. The smallest absolute Gasteiger partial charge is 0.190 e. The summed E-state index contributed by atoms with van der Waals surface area (Å²) < 4.78 is 35.2. The van der Waals surface area contributed by atoms with Gasteiger partial charge in [-0.2, -0.15) is 0 Å². The van der Waals surface area contributed by atoms with Crippen LogP contribution in [0.4, 0.5) is 0 Å². The van der Waals surface area contributed by atoms with Crippen molar-refractivity contribution in [3.05, 3.63) is 35.4 Å². The number of fused-ring (bicyclic) bond motifs is 3. The Bertz CT molecular complexity index is 613. The summed E-state index contributed by atoms with van der Waals surface area (Å²) in [6, 6.07) is 8.10. The molecule has 4 fully saturated rings. The van der Waals surface area contributed by atoms with Crippen LogP contribution in [0.2, 0.25) is 0 Å². The van der Waals surface area contributed by atoms with E-state index in [0.717, 1.165) is 17.7 Å². The molecule has 4 saturated heterocycles. The van der Waals surface area contributed by atoms with Crippen molar-refractivity contribution in [3.63, 3.8) is 0 Å². The second kappa shape index (κ2) is 4.99. The maximum atomic E-state index is 6.21. The molecular weight excluding hydrogens is 300 g/mol. The van der Waals surface area contributed by atoms with E-state index < -0.39 is 12.1 Å². The quantitative estimate of drug-likeness (QED) is 0.777.